The minimum atomic E-state index is -4.41. The molecule has 0 spiro atoms. The number of halogens is 3. The SMILES string of the molecule is CN1CCCCC1COc1cc(N)cc(C(F)(F)F)c1. The molecule has 0 amide bonds. The van der Waals surface area contributed by atoms with Crippen molar-refractivity contribution in [3.05, 3.63) is 23.8 Å². The lowest BCUT2D eigenvalue weighted by molar-refractivity contribution is -0.137. The highest BCUT2D eigenvalue weighted by Gasteiger charge is 2.31. The Hall–Kier alpha value is -1.43. The summed E-state index contributed by atoms with van der Waals surface area (Å²) in [6.07, 6.45) is -1.12. The van der Waals surface area contributed by atoms with Gasteiger partial charge < -0.3 is 15.4 Å². The summed E-state index contributed by atoms with van der Waals surface area (Å²) < 4.78 is 43.6. The zero-order chi connectivity index (χ0) is 14.8. The number of alkyl halides is 3. The number of likely N-dealkylation sites (N-methyl/N-ethyl adjacent to an activating group) is 1. The minimum absolute atomic E-state index is 0.0619. The van der Waals surface area contributed by atoms with E-state index in [1.807, 2.05) is 7.05 Å². The second-order valence-electron chi connectivity index (χ2n) is 5.23. The van der Waals surface area contributed by atoms with Gasteiger partial charge >= 0.3 is 6.18 Å². The molecule has 2 N–H and O–H groups in total. The number of nitrogens with zero attached hydrogens (tertiary/aromatic N) is 1. The highest BCUT2D eigenvalue weighted by molar-refractivity contribution is 5.48. The van der Waals surface area contributed by atoms with Crippen LogP contribution in [0.15, 0.2) is 18.2 Å². The number of likely N-dealkylation sites (tertiary alicyclic amines) is 1. The molecule has 1 aliphatic heterocycles. The van der Waals surface area contributed by atoms with Crippen molar-refractivity contribution in [1.82, 2.24) is 4.90 Å². The maximum Gasteiger partial charge on any atom is 0.416 e. The average molecular weight is 288 g/mol. The summed E-state index contributed by atoms with van der Waals surface area (Å²) in [7, 11) is 2.01. The molecule has 1 atom stereocenters. The monoisotopic (exact) mass is 288 g/mol. The van der Waals surface area contributed by atoms with Crippen LogP contribution in [0.3, 0.4) is 0 Å². The van der Waals surface area contributed by atoms with Gasteiger partial charge in [0.05, 0.1) is 5.56 Å². The van der Waals surface area contributed by atoms with Crippen LogP contribution in [0.1, 0.15) is 24.8 Å². The van der Waals surface area contributed by atoms with Crippen LogP contribution in [0.2, 0.25) is 0 Å². The summed E-state index contributed by atoms with van der Waals surface area (Å²) in [6.45, 7) is 1.38. The average Bonchev–Trinajstić information content (AvgIpc) is 2.36. The fraction of sp³-hybridized carbons (Fsp3) is 0.571. The van der Waals surface area contributed by atoms with Gasteiger partial charge in [-0.05, 0) is 38.6 Å². The standard InChI is InChI=1S/C14H19F3N2O/c1-19-5-3-2-4-12(19)9-20-13-7-10(14(15,16)17)6-11(18)8-13/h6-8,12H,2-5,9,18H2,1H3. The van der Waals surface area contributed by atoms with E-state index in [-0.39, 0.29) is 17.5 Å². The Kier molecular flexibility index (Phi) is 4.42. The molecule has 0 radical (unpaired) electrons. The first kappa shape index (κ1) is 15.0. The number of nitrogens with two attached hydrogens (primary N) is 1. The number of rotatable bonds is 3. The van der Waals surface area contributed by atoms with Crippen LogP contribution >= 0.6 is 0 Å². The fourth-order valence-corrected chi connectivity index (χ4v) is 2.42. The van der Waals surface area contributed by atoms with Gasteiger partial charge in [0.2, 0.25) is 0 Å². The van der Waals surface area contributed by atoms with Crippen LogP contribution in [0.25, 0.3) is 0 Å². The third-order valence-corrected chi connectivity index (χ3v) is 3.62. The van der Waals surface area contributed by atoms with Gasteiger partial charge in [-0.3, -0.25) is 0 Å². The quantitative estimate of drug-likeness (QED) is 0.868. The normalized spacial score (nSPS) is 20.9. The molecule has 3 nitrogen and oxygen atoms in total. The van der Waals surface area contributed by atoms with E-state index in [2.05, 4.69) is 4.90 Å². The summed E-state index contributed by atoms with van der Waals surface area (Å²) in [6, 6.07) is 3.59. The molecule has 1 saturated heterocycles. The summed E-state index contributed by atoms with van der Waals surface area (Å²) in [5.41, 5.74) is 4.79. The van der Waals surface area contributed by atoms with Crippen LogP contribution in [0, 0.1) is 0 Å². The van der Waals surface area contributed by atoms with E-state index in [0.717, 1.165) is 37.9 Å². The smallest absolute Gasteiger partial charge is 0.416 e. The molecule has 0 aliphatic carbocycles. The second-order valence-corrected chi connectivity index (χ2v) is 5.23. The molecule has 20 heavy (non-hydrogen) atoms. The number of hydrogen-bond donors (Lipinski definition) is 1. The second kappa shape index (κ2) is 5.91. The largest absolute Gasteiger partial charge is 0.492 e. The van der Waals surface area contributed by atoms with Gasteiger partial charge in [-0.2, -0.15) is 13.2 Å². The van der Waals surface area contributed by atoms with Crippen molar-refractivity contribution >= 4 is 5.69 Å². The highest BCUT2D eigenvalue weighted by Crippen LogP contribution is 2.33. The van der Waals surface area contributed by atoms with E-state index in [1.54, 1.807) is 0 Å². The Morgan fingerprint density at radius 3 is 2.70 bits per heavy atom. The van der Waals surface area contributed by atoms with Gasteiger partial charge in [-0.1, -0.05) is 6.42 Å². The lowest BCUT2D eigenvalue weighted by atomic mass is 10.0. The lowest BCUT2D eigenvalue weighted by Gasteiger charge is -2.32. The Labute approximate surface area is 116 Å². The molecule has 1 unspecified atom stereocenters. The molecule has 1 aromatic carbocycles. The third kappa shape index (κ3) is 3.79. The topological polar surface area (TPSA) is 38.5 Å². The fourth-order valence-electron chi connectivity index (χ4n) is 2.42. The van der Waals surface area contributed by atoms with E-state index < -0.39 is 11.7 Å². The van der Waals surface area contributed by atoms with Crippen LogP contribution in [0.5, 0.6) is 5.75 Å². The maximum absolute atomic E-state index is 12.7. The van der Waals surface area contributed by atoms with E-state index >= 15 is 0 Å². The Morgan fingerprint density at radius 2 is 2.05 bits per heavy atom. The summed E-state index contributed by atoms with van der Waals surface area (Å²) in [5.74, 6) is 0.177. The third-order valence-electron chi connectivity index (χ3n) is 3.62. The summed E-state index contributed by atoms with van der Waals surface area (Å²) in [4.78, 5) is 2.18. The number of anilines is 1. The number of hydrogen-bond acceptors (Lipinski definition) is 3. The van der Waals surface area contributed by atoms with E-state index in [4.69, 9.17) is 10.5 Å². The predicted molar refractivity (Wildman–Crippen MR) is 71.6 cm³/mol. The number of piperidine rings is 1. The zero-order valence-electron chi connectivity index (χ0n) is 11.4. The highest BCUT2D eigenvalue weighted by atomic mass is 19.4. The Balaban J connectivity index is 2.04. The van der Waals surface area contributed by atoms with E-state index in [0.29, 0.717) is 6.61 Å². The Morgan fingerprint density at radius 1 is 1.30 bits per heavy atom. The lowest BCUT2D eigenvalue weighted by Crippen LogP contribution is -2.40. The zero-order valence-corrected chi connectivity index (χ0v) is 11.4. The molecule has 1 aromatic rings. The minimum Gasteiger partial charge on any atom is -0.492 e. The molecule has 6 heteroatoms. The molecule has 112 valence electrons. The number of nitrogen functional groups attached to an aromatic ring is 1. The molecule has 1 fully saturated rings. The first-order chi connectivity index (χ1) is 9.36. The molecule has 2 rings (SSSR count). The van der Waals surface area contributed by atoms with Gasteiger partial charge in [0.15, 0.2) is 0 Å². The summed E-state index contributed by atoms with van der Waals surface area (Å²) in [5, 5.41) is 0. The Bertz CT molecular complexity index is 462. The van der Waals surface area contributed by atoms with Crippen LogP contribution in [-0.2, 0) is 6.18 Å². The van der Waals surface area contributed by atoms with Crippen molar-refractivity contribution in [3.63, 3.8) is 0 Å². The molecule has 0 bridgehead atoms. The molecule has 0 saturated carbocycles. The van der Waals surface area contributed by atoms with Crippen molar-refractivity contribution in [1.29, 1.82) is 0 Å². The van der Waals surface area contributed by atoms with E-state index in [1.165, 1.54) is 6.07 Å². The number of ether oxygens (including phenoxy) is 1. The molecular weight excluding hydrogens is 269 g/mol. The van der Waals surface area contributed by atoms with Crippen molar-refractivity contribution in [2.75, 3.05) is 25.9 Å². The van der Waals surface area contributed by atoms with Crippen LogP contribution in [-0.4, -0.2) is 31.1 Å². The van der Waals surface area contributed by atoms with Gasteiger partial charge in [0, 0.05) is 17.8 Å². The van der Waals surface area contributed by atoms with Crippen LogP contribution in [0.4, 0.5) is 18.9 Å². The maximum atomic E-state index is 12.7. The van der Waals surface area contributed by atoms with Crippen molar-refractivity contribution in [3.8, 4) is 5.75 Å². The van der Waals surface area contributed by atoms with Crippen molar-refractivity contribution < 1.29 is 17.9 Å². The molecule has 1 aliphatic rings. The molecule has 1 heterocycles. The van der Waals surface area contributed by atoms with Gasteiger partial charge in [0.1, 0.15) is 12.4 Å². The molecule has 0 aromatic heterocycles. The van der Waals surface area contributed by atoms with E-state index in [9.17, 15) is 13.2 Å². The van der Waals surface area contributed by atoms with Crippen molar-refractivity contribution in [2.24, 2.45) is 0 Å². The van der Waals surface area contributed by atoms with Gasteiger partial charge in [-0.25, -0.2) is 0 Å². The number of benzene rings is 1. The first-order valence-corrected chi connectivity index (χ1v) is 6.67. The molecular formula is C14H19F3N2O. The predicted octanol–water partition coefficient (Wildman–Crippen LogP) is 3.15. The van der Waals surface area contributed by atoms with Gasteiger partial charge in [-0.15, -0.1) is 0 Å². The summed E-state index contributed by atoms with van der Waals surface area (Å²) >= 11 is 0. The van der Waals surface area contributed by atoms with Crippen LogP contribution < -0.4 is 10.5 Å². The van der Waals surface area contributed by atoms with Crippen molar-refractivity contribution in [2.45, 2.75) is 31.5 Å². The first-order valence-electron chi connectivity index (χ1n) is 6.67. The van der Waals surface area contributed by atoms with Gasteiger partial charge in [0.25, 0.3) is 0 Å².